The zero-order valence-corrected chi connectivity index (χ0v) is 14.1. The van der Waals surface area contributed by atoms with Crippen molar-refractivity contribution < 1.29 is 14.3 Å². The number of methoxy groups -OCH3 is 1. The van der Waals surface area contributed by atoms with Crippen LogP contribution in [0.5, 0.6) is 0 Å². The smallest absolute Gasteiger partial charge is 0.337 e. The molecule has 0 saturated carbocycles. The van der Waals surface area contributed by atoms with Gasteiger partial charge in [0.1, 0.15) is 0 Å². The van der Waals surface area contributed by atoms with Crippen molar-refractivity contribution in [1.29, 1.82) is 0 Å². The van der Waals surface area contributed by atoms with Gasteiger partial charge in [0.25, 0.3) is 0 Å². The van der Waals surface area contributed by atoms with Gasteiger partial charge in [0.2, 0.25) is 5.91 Å². The molecule has 2 N–H and O–H groups in total. The highest BCUT2D eigenvalue weighted by Crippen LogP contribution is 2.14. The van der Waals surface area contributed by atoms with Gasteiger partial charge in [-0.3, -0.25) is 4.79 Å². The van der Waals surface area contributed by atoms with Crippen LogP contribution >= 0.6 is 11.6 Å². The molecule has 6 heteroatoms. The van der Waals surface area contributed by atoms with E-state index in [-0.39, 0.29) is 5.91 Å². The van der Waals surface area contributed by atoms with Crippen LogP contribution in [-0.4, -0.2) is 25.5 Å². The van der Waals surface area contributed by atoms with E-state index < -0.39 is 5.97 Å². The first kappa shape index (κ1) is 17.8. The maximum absolute atomic E-state index is 11.9. The summed E-state index contributed by atoms with van der Waals surface area (Å²) in [5.74, 6) is -0.470. The van der Waals surface area contributed by atoms with Crippen molar-refractivity contribution in [2.45, 2.75) is 13.0 Å². The van der Waals surface area contributed by atoms with E-state index in [2.05, 4.69) is 15.4 Å². The standard InChI is InChI=1S/C18H19ClN2O3/c1-24-18(23)13-6-4-7-15(11-13)20-10-9-17(22)21-12-14-5-2-3-8-16(14)19/h2-8,11,20H,9-10,12H2,1H3,(H,21,22). The summed E-state index contributed by atoms with van der Waals surface area (Å²) in [7, 11) is 1.34. The van der Waals surface area contributed by atoms with Crippen LogP contribution in [0.1, 0.15) is 22.3 Å². The first-order valence-electron chi connectivity index (χ1n) is 7.52. The van der Waals surface area contributed by atoms with Crippen molar-refractivity contribution in [2.24, 2.45) is 0 Å². The van der Waals surface area contributed by atoms with Crippen LogP contribution < -0.4 is 10.6 Å². The monoisotopic (exact) mass is 346 g/mol. The Morgan fingerprint density at radius 2 is 1.92 bits per heavy atom. The Labute approximate surface area is 146 Å². The maximum atomic E-state index is 11.9. The number of amides is 1. The average molecular weight is 347 g/mol. The summed E-state index contributed by atoms with van der Waals surface area (Å²) in [6.45, 7) is 0.856. The summed E-state index contributed by atoms with van der Waals surface area (Å²) in [5, 5.41) is 6.57. The van der Waals surface area contributed by atoms with Gasteiger partial charge in [-0.1, -0.05) is 35.9 Å². The zero-order valence-electron chi connectivity index (χ0n) is 13.3. The van der Waals surface area contributed by atoms with Gasteiger partial charge in [-0.2, -0.15) is 0 Å². The number of carbonyl (C=O) groups excluding carboxylic acids is 2. The maximum Gasteiger partial charge on any atom is 0.337 e. The highest BCUT2D eigenvalue weighted by atomic mass is 35.5. The number of benzene rings is 2. The number of rotatable bonds is 7. The van der Waals surface area contributed by atoms with Gasteiger partial charge in [0.05, 0.1) is 12.7 Å². The fourth-order valence-corrected chi connectivity index (χ4v) is 2.32. The molecule has 2 rings (SSSR count). The summed E-state index contributed by atoms with van der Waals surface area (Å²) < 4.78 is 4.68. The number of hydrogen-bond donors (Lipinski definition) is 2. The fourth-order valence-electron chi connectivity index (χ4n) is 2.12. The Morgan fingerprint density at radius 3 is 2.67 bits per heavy atom. The van der Waals surface area contributed by atoms with Crippen LogP contribution in [0.3, 0.4) is 0 Å². The van der Waals surface area contributed by atoms with Crippen LogP contribution in [0, 0.1) is 0 Å². The molecular formula is C18H19ClN2O3. The second-order valence-electron chi connectivity index (χ2n) is 5.12. The minimum Gasteiger partial charge on any atom is -0.465 e. The van der Waals surface area contributed by atoms with Gasteiger partial charge in [-0.05, 0) is 29.8 Å². The van der Waals surface area contributed by atoms with Gasteiger partial charge in [-0.25, -0.2) is 4.79 Å². The number of hydrogen-bond acceptors (Lipinski definition) is 4. The second-order valence-corrected chi connectivity index (χ2v) is 5.52. The Kier molecular flexibility index (Phi) is 6.63. The van der Waals surface area contributed by atoms with Gasteiger partial charge in [0, 0.05) is 30.2 Å². The zero-order chi connectivity index (χ0) is 17.4. The number of esters is 1. The van der Waals surface area contributed by atoms with E-state index in [0.29, 0.717) is 30.1 Å². The lowest BCUT2D eigenvalue weighted by Crippen LogP contribution is -2.25. The summed E-state index contributed by atoms with van der Waals surface area (Å²) in [5.41, 5.74) is 2.11. The predicted molar refractivity (Wildman–Crippen MR) is 94.2 cm³/mol. The lowest BCUT2D eigenvalue weighted by molar-refractivity contribution is -0.121. The molecule has 24 heavy (non-hydrogen) atoms. The normalized spacial score (nSPS) is 10.1. The topological polar surface area (TPSA) is 67.4 Å². The Balaban J connectivity index is 1.77. The second kappa shape index (κ2) is 8.93. The molecule has 0 unspecified atom stereocenters. The molecule has 0 atom stereocenters. The molecule has 0 spiro atoms. The summed E-state index contributed by atoms with van der Waals surface area (Å²) in [4.78, 5) is 23.3. The van der Waals surface area contributed by atoms with Crippen molar-refractivity contribution in [2.75, 3.05) is 19.0 Å². The van der Waals surface area contributed by atoms with Crippen LogP contribution in [-0.2, 0) is 16.1 Å². The largest absolute Gasteiger partial charge is 0.465 e. The van der Waals surface area contributed by atoms with E-state index in [4.69, 9.17) is 11.6 Å². The first-order valence-corrected chi connectivity index (χ1v) is 7.90. The summed E-state index contributed by atoms with van der Waals surface area (Å²) >= 11 is 6.04. The first-order chi connectivity index (χ1) is 11.6. The Morgan fingerprint density at radius 1 is 1.12 bits per heavy atom. The number of anilines is 1. The molecule has 126 valence electrons. The Bertz CT molecular complexity index is 719. The summed E-state index contributed by atoms with van der Waals surface area (Å²) in [6, 6.07) is 14.3. The van der Waals surface area contributed by atoms with Crippen molar-refractivity contribution >= 4 is 29.2 Å². The Hall–Kier alpha value is -2.53. The molecule has 0 aliphatic heterocycles. The molecule has 0 aliphatic carbocycles. The molecule has 0 saturated heterocycles. The van der Waals surface area contributed by atoms with Crippen LogP contribution in [0.2, 0.25) is 5.02 Å². The third-order valence-electron chi connectivity index (χ3n) is 3.40. The van der Waals surface area contributed by atoms with Crippen LogP contribution in [0.25, 0.3) is 0 Å². The highest BCUT2D eigenvalue weighted by molar-refractivity contribution is 6.31. The molecule has 5 nitrogen and oxygen atoms in total. The average Bonchev–Trinajstić information content (AvgIpc) is 2.60. The number of carbonyl (C=O) groups is 2. The third-order valence-corrected chi connectivity index (χ3v) is 3.77. The number of ether oxygens (including phenoxy) is 1. The summed E-state index contributed by atoms with van der Waals surface area (Å²) in [6.07, 6.45) is 0.312. The van der Waals surface area contributed by atoms with E-state index in [0.717, 1.165) is 11.3 Å². The fraction of sp³-hybridized carbons (Fsp3) is 0.222. The third kappa shape index (κ3) is 5.28. The molecule has 1 amide bonds. The molecule has 0 bridgehead atoms. The minimum absolute atomic E-state index is 0.0773. The molecular weight excluding hydrogens is 328 g/mol. The quantitative estimate of drug-likeness (QED) is 0.755. The minimum atomic E-state index is -0.392. The van der Waals surface area contributed by atoms with E-state index >= 15 is 0 Å². The number of nitrogens with one attached hydrogen (secondary N) is 2. The van der Waals surface area contributed by atoms with Crippen molar-refractivity contribution in [3.05, 3.63) is 64.7 Å². The van der Waals surface area contributed by atoms with Crippen molar-refractivity contribution in [3.8, 4) is 0 Å². The van der Waals surface area contributed by atoms with Gasteiger partial charge >= 0.3 is 5.97 Å². The van der Waals surface area contributed by atoms with Crippen LogP contribution in [0.4, 0.5) is 5.69 Å². The molecule has 0 heterocycles. The lowest BCUT2D eigenvalue weighted by atomic mass is 10.2. The number of halogens is 1. The highest BCUT2D eigenvalue weighted by Gasteiger charge is 2.06. The molecule has 2 aromatic carbocycles. The molecule has 2 aromatic rings. The van der Waals surface area contributed by atoms with Crippen molar-refractivity contribution in [3.63, 3.8) is 0 Å². The van der Waals surface area contributed by atoms with Gasteiger partial charge in [-0.15, -0.1) is 0 Å². The van der Waals surface area contributed by atoms with Crippen molar-refractivity contribution in [1.82, 2.24) is 5.32 Å². The van der Waals surface area contributed by atoms with E-state index in [9.17, 15) is 9.59 Å². The molecule has 0 aromatic heterocycles. The SMILES string of the molecule is COC(=O)c1cccc(NCCC(=O)NCc2ccccc2Cl)c1. The molecule has 0 fully saturated rings. The van der Waals surface area contributed by atoms with E-state index in [1.807, 2.05) is 24.3 Å². The van der Waals surface area contributed by atoms with Gasteiger partial charge < -0.3 is 15.4 Å². The predicted octanol–water partition coefficient (Wildman–Crippen LogP) is 3.25. The lowest BCUT2D eigenvalue weighted by Gasteiger charge is -2.09. The van der Waals surface area contributed by atoms with E-state index in [1.165, 1.54) is 7.11 Å². The van der Waals surface area contributed by atoms with Gasteiger partial charge in [0.15, 0.2) is 0 Å². The molecule has 0 aliphatic rings. The molecule has 0 radical (unpaired) electrons. The van der Waals surface area contributed by atoms with Crippen LogP contribution in [0.15, 0.2) is 48.5 Å². The van der Waals surface area contributed by atoms with E-state index in [1.54, 1.807) is 24.3 Å².